The van der Waals surface area contributed by atoms with Crippen molar-refractivity contribution in [3.8, 4) is 5.75 Å². The lowest BCUT2D eigenvalue weighted by molar-refractivity contribution is -0.137. The van der Waals surface area contributed by atoms with E-state index in [1.165, 1.54) is 0 Å². The van der Waals surface area contributed by atoms with Crippen molar-refractivity contribution in [3.05, 3.63) is 54.2 Å². The lowest BCUT2D eigenvalue weighted by Crippen LogP contribution is -2.45. The molecular weight excluding hydrogens is 354 g/mol. The molecule has 2 amide bonds. The van der Waals surface area contributed by atoms with Gasteiger partial charge < -0.3 is 15.0 Å². The second-order valence-electron chi connectivity index (χ2n) is 7.58. The summed E-state index contributed by atoms with van der Waals surface area (Å²) >= 11 is 0. The van der Waals surface area contributed by atoms with Crippen LogP contribution in [-0.4, -0.2) is 41.9 Å². The zero-order valence-electron chi connectivity index (χ0n) is 16.1. The summed E-state index contributed by atoms with van der Waals surface area (Å²) in [7, 11) is 1.64. The molecule has 1 aromatic carbocycles. The first-order chi connectivity index (χ1) is 13.6. The minimum atomic E-state index is -0.405. The Hall–Kier alpha value is -2.89. The Morgan fingerprint density at radius 1 is 1.14 bits per heavy atom. The number of pyridine rings is 1. The fraction of sp³-hybridized carbons (Fsp3) is 0.409. The molecule has 2 fully saturated rings. The maximum Gasteiger partial charge on any atom is 0.233 e. The molecule has 0 spiro atoms. The lowest BCUT2D eigenvalue weighted by Gasteiger charge is -2.34. The van der Waals surface area contributed by atoms with Crippen molar-refractivity contribution in [2.24, 2.45) is 5.92 Å². The quantitative estimate of drug-likeness (QED) is 0.867. The summed E-state index contributed by atoms with van der Waals surface area (Å²) in [6.07, 6.45) is 4.76. The Morgan fingerprint density at radius 2 is 1.93 bits per heavy atom. The fourth-order valence-electron chi connectivity index (χ4n) is 3.98. The van der Waals surface area contributed by atoms with Crippen LogP contribution in [0.25, 0.3) is 0 Å². The Morgan fingerprint density at radius 3 is 2.57 bits per heavy atom. The summed E-state index contributed by atoms with van der Waals surface area (Å²) in [5.41, 5.74) is 0.629. The van der Waals surface area contributed by atoms with Crippen molar-refractivity contribution in [1.82, 2.24) is 9.88 Å². The van der Waals surface area contributed by atoms with Crippen molar-refractivity contribution in [1.29, 1.82) is 0 Å². The van der Waals surface area contributed by atoms with Gasteiger partial charge in [0.25, 0.3) is 0 Å². The molecule has 1 saturated carbocycles. The van der Waals surface area contributed by atoms with Gasteiger partial charge in [0, 0.05) is 25.2 Å². The normalized spacial score (nSPS) is 18.4. The van der Waals surface area contributed by atoms with Crippen LogP contribution in [0.1, 0.15) is 31.2 Å². The van der Waals surface area contributed by atoms with E-state index in [0.717, 1.165) is 24.2 Å². The summed E-state index contributed by atoms with van der Waals surface area (Å²) in [6, 6.07) is 13.3. The van der Waals surface area contributed by atoms with Crippen molar-refractivity contribution in [2.45, 2.75) is 31.1 Å². The number of aromatic nitrogens is 1. The van der Waals surface area contributed by atoms with Gasteiger partial charge in [0.2, 0.25) is 11.8 Å². The molecule has 4 rings (SSSR count). The van der Waals surface area contributed by atoms with Crippen LogP contribution < -0.4 is 10.1 Å². The summed E-state index contributed by atoms with van der Waals surface area (Å²) in [5.74, 6) is 1.43. The molecule has 0 radical (unpaired) electrons. The highest BCUT2D eigenvalue weighted by atomic mass is 16.5. The first kappa shape index (κ1) is 18.5. The molecular formula is C22H25N3O3. The summed E-state index contributed by atoms with van der Waals surface area (Å²) in [4.78, 5) is 31.8. The van der Waals surface area contributed by atoms with Crippen LogP contribution in [0.3, 0.4) is 0 Å². The van der Waals surface area contributed by atoms with E-state index in [-0.39, 0.29) is 17.7 Å². The summed E-state index contributed by atoms with van der Waals surface area (Å²) in [6.45, 7) is 1.23. The molecule has 6 nitrogen and oxygen atoms in total. The van der Waals surface area contributed by atoms with Gasteiger partial charge in [0.05, 0.1) is 12.5 Å². The van der Waals surface area contributed by atoms with E-state index in [1.54, 1.807) is 19.4 Å². The zero-order valence-corrected chi connectivity index (χ0v) is 16.1. The highest BCUT2D eigenvalue weighted by Gasteiger charge is 2.53. The molecule has 1 N–H and O–H groups in total. The van der Waals surface area contributed by atoms with Crippen molar-refractivity contribution < 1.29 is 14.3 Å². The van der Waals surface area contributed by atoms with Crippen LogP contribution in [0, 0.1) is 5.92 Å². The van der Waals surface area contributed by atoms with Crippen molar-refractivity contribution in [2.75, 3.05) is 25.5 Å². The molecule has 6 heteroatoms. The van der Waals surface area contributed by atoms with E-state index in [9.17, 15) is 9.59 Å². The van der Waals surface area contributed by atoms with Gasteiger partial charge >= 0.3 is 0 Å². The number of ether oxygens (including phenoxy) is 1. The van der Waals surface area contributed by atoms with Crippen LogP contribution in [0.15, 0.2) is 48.7 Å². The minimum absolute atomic E-state index is 0.0141. The van der Waals surface area contributed by atoms with E-state index >= 15 is 0 Å². The third-order valence-corrected chi connectivity index (χ3v) is 5.85. The zero-order chi connectivity index (χ0) is 19.6. The Kier molecular flexibility index (Phi) is 5.03. The molecule has 1 saturated heterocycles. The van der Waals surface area contributed by atoms with Gasteiger partial charge in [0.1, 0.15) is 11.6 Å². The molecule has 28 heavy (non-hydrogen) atoms. The summed E-state index contributed by atoms with van der Waals surface area (Å²) < 4.78 is 5.32. The molecule has 1 aromatic heterocycles. The SMILES string of the molecule is COc1cccc(C2(C(=O)N3CCC(C(=O)Nc4ccccn4)CC3)CC2)c1. The van der Waals surface area contributed by atoms with Crippen LogP contribution in [-0.2, 0) is 15.0 Å². The predicted molar refractivity (Wildman–Crippen MR) is 106 cm³/mol. The van der Waals surface area contributed by atoms with E-state index in [1.807, 2.05) is 41.3 Å². The van der Waals surface area contributed by atoms with Gasteiger partial charge in [-0.1, -0.05) is 18.2 Å². The third-order valence-electron chi connectivity index (χ3n) is 5.85. The average molecular weight is 379 g/mol. The number of hydrogen-bond acceptors (Lipinski definition) is 4. The number of carbonyl (C=O) groups is 2. The van der Waals surface area contributed by atoms with Gasteiger partial charge in [-0.15, -0.1) is 0 Å². The number of carbonyl (C=O) groups excluding carboxylic acids is 2. The van der Waals surface area contributed by atoms with Crippen molar-refractivity contribution >= 4 is 17.6 Å². The second kappa shape index (κ2) is 7.62. The molecule has 2 aromatic rings. The number of rotatable bonds is 5. The largest absolute Gasteiger partial charge is 0.497 e. The Labute approximate surface area is 164 Å². The van der Waals surface area contributed by atoms with Gasteiger partial charge in [0.15, 0.2) is 0 Å². The van der Waals surface area contributed by atoms with Gasteiger partial charge in [-0.2, -0.15) is 0 Å². The highest BCUT2D eigenvalue weighted by molar-refractivity contribution is 5.93. The number of nitrogens with zero attached hydrogens (tertiary/aromatic N) is 2. The van der Waals surface area contributed by atoms with Gasteiger partial charge in [-0.25, -0.2) is 4.98 Å². The van der Waals surface area contributed by atoms with Gasteiger partial charge in [-0.05, 0) is 55.5 Å². The third kappa shape index (κ3) is 3.59. The van der Waals surface area contributed by atoms with Crippen LogP contribution in [0.5, 0.6) is 5.75 Å². The molecule has 1 aliphatic carbocycles. The fourth-order valence-corrected chi connectivity index (χ4v) is 3.98. The van der Waals surface area contributed by atoms with Crippen molar-refractivity contribution in [3.63, 3.8) is 0 Å². The Balaban J connectivity index is 1.37. The summed E-state index contributed by atoms with van der Waals surface area (Å²) in [5, 5.41) is 2.87. The maximum atomic E-state index is 13.2. The lowest BCUT2D eigenvalue weighted by atomic mass is 9.91. The molecule has 2 aliphatic rings. The van der Waals surface area contributed by atoms with Gasteiger partial charge in [-0.3, -0.25) is 9.59 Å². The number of nitrogens with one attached hydrogen (secondary N) is 1. The van der Waals surface area contributed by atoms with E-state index in [4.69, 9.17) is 4.74 Å². The number of benzene rings is 1. The van der Waals surface area contributed by atoms with Crippen LogP contribution in [0.2, 0.25) is 0 Å². The molecule has 146 valence electrons. The standard InChI is InChI=1S/C22H25N3O3/c1-28-18-6-4-5-17(15-18)22(10-11-22)21(27)25-13-8-16(9-14-25)20(26)24-19-7-2-3-12-23-19/h2-7,12,15-16H,8-11,13-14H2,1H3,(H,23,24,26). The highest BCUT2D eigenvalue weighted by Crippen LogP contribution is 2.50. The van der Waals surface area contributed by atoms with E-state index in [2.05, 4.69) is 10.3 Å². The number of anilines is 1. The second-order valence-corrected chi connectivity index (χ2v) is 7.58. The maximum absolute atomic E-state index is 13.2. The van der Waals surface area contributed by atoms with E-state index in [0.29, 0.717) is 31.7 Å². The number of hydrogen-bond donors (Lipinski definition) is 1. The first-order valence-electron chi connectivity index (χ1n) is 9.78. The average Bonchev–Trinajstić information content (AvgIpc) is 3.56. The molecule has 0 unspecified atom stereocenters. The number of methoxy groups -OCH3 is 1. The van der Waals surface area contributed by atoms with Crippen LogP contribution >= 0.6 is 0 Å². The monoisotopic (exact) mass is 379 g/mol. The number of likely N-dealkylation sites (tertiary alicyclic amines) is 1. The minimum Gasteiger partial charge on any atom is -0.497 e. The Bertz CT molecular complexity index is 856. The molecule has 0 bridgehead atoms. The molecule has 2 heterocycles. The number of piperidine rings is 1. The number of amides is 2. The smallest absolute Gasteiger partial charge is 0.233 e. The van der Waals surface area contributed by atoms with Crippen LogP contribution in [0.4, 0.5) is 5.82 Å². The topological polar surface area (TPSA) is 71.5 Å². The van der Waals surface area contributed by atoms with E-state index < -0.39 is 5.41 Å². The molecule has 1 aliphatic heterocycles. The molecule has 0 atom stereocenters. The predicted octanol–water partition coefficient (Wildman–Crippen LogP) is 3.00. The first-order valence-corrected chi connectivity index (χ1v) is 9.78.